The summed E-state index contributed by atoms with van der Waals surface area (Å²) in [6.45, 7) is 5.60. The predicted octanol–water partition coefficient (Wildman–Crippen LogP) is 1.88. The van der Waals surface area contributed by atoms with Gasteiger partial charge in [-0.25, -0.2) is 0 Å². The molecule has 7 heteroatoms. The van der Waals surface area contributed by atoms with Crippen LogP contribution in [-0.2, 0) is 13.2 Å². The number of rotatable bonds is 7. The Bertz CT molecular complexity index is 818. The minimum Gasteiger partial charge on any atom is -0.489 e. The molecule has 0 atom stereocenters. The molecular formula is C19H24N4O3. The number of amides is 1. The quantitative estimate of drug-likeness (QED) is 0.446. The molecule has 1 amide bonds. The van der Waals surface area contributed by atoms with Crippen LogP contribution in [-0.4, -0.2) is 27.9 Å². The van der Waals surface area contributed by atoms with Gasteiger partial charge in [0.1, 0.15) is 11.6 Å². The van der Waals surface area contributed by atoms with Gasteiger partial charge >= 0.3 is 0 Å². The normalized spacial score (nSPS) is 10.7. The summed E-state index contributed by atoms with van der Waals surface area (Å²) in [7, 11) is 0. The molecule has 1 aromatic heterocycles. The summed E-state index contributed by atoms with van der Waals surface area (Å²) in [6, 6.07) is 6.55. The van der Waals surface area contributed by atoms with E-state index in [1.54, 1.807) is 30.5 Å². The Hall–Kier alpha value is -2.93. The molecule has 0 saturated heterocycles. The number of nitrogens with one attached hydrogen (secondary N) is 2. The monoisotopic (exact) mass is 356 g/mol. The van der Waals surface area contributed by atoms with Crippen molar-refractivity contribution < 1.29 is 14.6 Å². The number of aromatic nitrogens is 1. The maximum atomic E-state index is 12.4. The van der Waals surface area contributed by atoms with E-state index in [9.17, 15) is 9.90 Å². The van der Waals surface area contributed by atoms with Crippen molar-refractivity contribution in [3.05, 3.63) is 58.4 Å². The molecule has 1 aromatic carbocycles. The number of amidine groups is 1. The molecule has 138 valence electrons. The molecule has 2 aromatic rings. The third kappa shape index (κ3) is 4.58. The molecule has 7 nitrogen and oxygen atoms in total. The van der Waals surface area contributed by atoms with Crippen LogP contribution in [0.1, 0.15) is 46.6 Å². The molecule has 26 heavy (non-hydrogen) atoms. The molecule has 2 rings (SSSR count). The maximum Gasteiger partial charge on any atom is 0.251 e. The standard InChI is InChI=1S/C19H24N4O3/c1-11(2)26-17-12(3)22-8-15(16(17)10-24)9-23-19(25)14-6-4-5-13(7-14)18(20)21/h4-8,11,24H,9-10H2,1-3H3,(H3,20,21)(H,23,25). The largest absolute Gasteiger partial charge is 0.489 e. The maximum absolute atomic E-state index is 12.4. The highest BCUT2D eigenvalue weighted by Gasteiger charge is 2.16. The predicted molar refractivity (Wildman–Crippen MR) is 99.3 cm³/mol. The zero-order valence-corrected chi connectivity index (χ0v) is 15.2. The first-order valence-corrected chi connectivity index (χ1v) is 8.31. The van der Waals surface area contributed by atoms with Crippen molar-refractivity contribution in [3.8, 4) is 5.75 Å². The highest BCUT2D eigenvalue weighted by Crippen LogP contribution is 2.26. The topological polar surface area (TPSA) is 121 Å². The fourth-order valence-electron chi connectivity index (χ4n) is 2.50. The second kappa shape index (κ2) is 8.44. The van der Waals surface area contributed by atoms with Crippen LogP contribution in [0.15, 0.2) is 30.5 Å². The summed E-state index contributed by atoms with van der Waals surface area (Å²) in [5.41, 5.74) is 8.33. The van der Waals surface area contributed by atoms with E-state index in [0.29, 0.717) is 33.7 Å². The van der Waals surface area contributed by atoms with Gasteiger partial charge in [-0.05, 0) is 38.5 Å². The molecule has 0 aliphatic carbocycles. The molecule has 0 bridgehead atoms. The van der Waals surface area contributed by atoms with Gasteiger partial charge in [-0.3, -0.25) is 15.2 Å². The van der Waals surface area contributed by atoms with E-state index in [1.807, 2.05) is 20.8 Å². The first-order valence-electron chi connectivity index (χ1n) is 8.31. The number of hydrogen-bond donors (Lipinski definition) is 4. The highest BCUT2D eigenvalue weighted by atomic mass is 16.5. The first-order chi connectivity index (χ1) is 12.3. The van der Waals surface area contributed by atoms with Gasteiger partial charge in [0.25, 0.3) is 5.91 Å². The zero-order valence-electron chi connectivity index (χ0n) is 15.2. The number of carbonyl (C=O) groups is 1. The van der Waals surface area contributed by atoms with Crippen molar-refractivity contribution in [1.82, 2.24) is 10.3 Å². The van der Waals surface area contributed by atoms with Gasteiger partial charge in [0.05, 0.1) is 18.4 Å². The van der Waals surface area contributed by atoms with E-state index >= 15 is 0 Å². The van der Waals surface area contributed by atoms with Crippen molar-refractivity contribution >= 4 is 11.7 Å². The lowest BCUT2D eigenvalue weighted by Gasteiger charge is -2.18. The summed E-state index contributed by atoms with van der Waals surface area (Å²) >= 11 is 0. The number of aryl methyl sites for hydroxylation is 1. The lowest BCUT2D eigenvalue weighted by Crippen LogP contribution is -2.24. The van der Waals surface area contributed by atoms with E-state index in [0.717, 1.165) is 0 Å². The van der Waals surface area contributed by atoms with Gasteiger partial charge in [0.15, 0.2) is 0 Å². The Morgan fingerprint density at radius 1 is 1.38 bits per heavy atom. The van der Waals surface area contributed by atoms with Crippen LogP contribution in [0.5, 0.6) is 5.75 Å². The van der Waals surface area contributed by atoms with E-state index in [-0.39, 0.29) is 31.0 Å². The molecule has 0 saturated carbocycles. The number of hydrogen-bond acceptors (Lipinski definition) is 5. The highest BCUT2D eigenvalue weighted by molar-refractivity contribution is 6.00. The molecular weight excluding hydrogens is 332 g/mol. The molecule has 0 aliphatic heterocycles. The van der Waals surface area contributed by atoms with Crippen LogP contribution in [0.3, 0.4) is 0 Å². The molecule has 1 heterocycles. The molecule has 0 unspecified atom stereocenters. The summed E-state index contributed by atoms with van der Waals surface area (Å²) in [4.78, 5) is 16.7. The van der Waals surface area contributed by atoms with E-state index in [2.05, 4.69) is 10.3 Å². The van der Waals surface area contributed by atoms with Gasteiger partial charge in [0.2, 0.25) is 0 Å². The molecule has 5 N–H and O–H groups in total. The third-order valence-corrected chi connectivity index (χ3v) is 3.79. The lowest BCUT2D eigenvalue weighted by molar-refractivity contribution is 0.0950. The van der Waals surface area contributed by atoms with Crippen molar-refractivity contribution in [2.24, 2.45) is 5.73 Å². The van der Waals surface area contributed by atoms with Crippen molar-refractivity contribution in [3.63, 3.8) is 0 Å². The summed E-state index contributed by atoms with van der Waals surface area (Å²) in [5.74, 6) is 0.150. The fourth-order valence-corrected chi connectivity index (χ4v) is 2.50. The van der Waals surface area contributed by atoms with Gasteiger partial charge < -0.3 is 20.9 Å². The van der Waals surface area contributed by atoms with Crippen molar-refractivity contribution in [1.29, 1.82) is 5.41 Å². The SMILES string of the molecule is Cc1ncc(CNC(=O)c2cccc(C(=N)N)c2)c(CO)c1OC(C)C. The number of nitrogen functional groups attached to an aromatic ring is 1. The summed E-state index contributed by atoms with van der Waals surface area (Å²) < 4.78 is 5.77. The van der Waals surface area contributed by atoms with Gasteiger partial charge in [-0.1, -0.05) is 12.1 Å². The Morgan fingerprint density at radius 3 is 2.69 bits per heavy atom. The minimum absolute atomic E-state index is 0.0556. The van der Waals surface area contributed by atoms with Gasteiger partial charge in [0, 0.05) is 29.4 Å². The zero-order chi connectivity index (χ0) is 19.3. The van der Waals surface area contributed by atoms with Crippen LogP contribution in [0.4, 0.5) is 0 Å². The van der Waals surface area contributed by atoms with Gasteiger partial charge in [-0.15, -0.1) is 0 Å². The van der Waals surface area contributed by atoms with Crippen LogP contribution in [0, 0.1) is 12.3 Å². The number of nitrogens with zero attached hydrogens (tertiary/aromatic N) is 1. The van der Waals surface area contributed by atoms with Crippen LogP contribution in [0.2, 0.25) is 0 Å². The number of benzene rings is 1. The average Bonchev–Trinajstić information content (AvgIpc) is 2.61. The van der Waals surface area contributed by atoms with Gasteiger partial charge in [-0.2, -0.15) is 0 Å². The first kappa shape index (κ1) is 19.4. The molecule has 0 radical (unpaired) electrons. The summed E-state index contributed by atoms with van der Waals surface area (Å²) in [6.07, 6.45) is 1.57. The number of aliphatic hydroxyl groups is 1. The average molecular weight is 356 g/mol. The Labute approximate surface area is 152 Å². The van der Waals surface area contributed by atoms with E-state index in [1.165, 1.54) is 0 Å². The van der Waals surface area contributed by atoms with E-state index in [4.69, 9.17) is 15.9 Å². The van der Waals surface area contributed by atoms with Crippen molar-refractivity contribution in [2.45, 2.75) is 40.0 Å². The smallest absolute Gasteiger partial charge is 0.251 e. The summed E-state index contributed by atoms with van der Waals surface area (Å²) in [5, 5.41) is 20.0. The third-order valence-electron chi connectivity index (χ3n) is 3.79. The number of carbonyl (C=O) groups excluding carboxylic acids is 1. The Balaban J connectivity index is 2.20. The lowest BCUT2D eigenvalue weighted by atomic mass is 10.1. The molecule has 0 aliphatic rings. The number of ether oxygens (including phenoxy) is 1. The fraction of sp³-hybridized carbons (Fsp3) is 0.316. The second-order valence-corrected chi connectivity index (χ2v) is 6.18. The Morgan fingerprint density at radius 2 is 2.08 bits per heavy atom. The Kier molecular flexibility index (Phi) is 6.30. The molecule has 0 spiro atoms. The second-order valence-electron chi connectivity index (χ2n) is 6.18. The van der Waals surface area contributed by atoms with Crippen LogP contribution < -0.4 is 15.8 Å². The van der Waals surface area contributed by atoms with E-state index < -0.39 is 0 Å². The number of aliphatic hydroxyl groups excluding tert-OH is 1. The van der Waals surface area contributed by atoms with Crippen molar-refractivity contribution in [2.75, 3.05) is 0 Å². The van der Waals surface area contributed by atoms with Crippen LogP contribution >= 0.6 is 0 Å². The number of nitrogens with two attached hydrogens (primary N) is 1. The minimum atomic E-state index is -0.302. The van der Waals surface area contributed by atoms with Crippen LogP contribution in [0.25, 0.3) is 0 Å². The molecule has 0 fully saturated rings. The number of pyridine rings is 1.